The third kappa shape index (κ3) is 3.89. The van der Waals surface area contributed by atoms with Crippen LogP contribution in [0.4, 0.5) is 0 Å². The van der Waals surface area contributed by atoms with Crippen LogP contribution in [0, 0.1) is 0 Å². The van der Waals surface area contributed by atoms with E-state index in [9.17, 15) is 14.7 Å². The fourth-order valence-electron chi connectivity index (χ4n) is 3.11. The van der Waals surface area contributed by atoms with Crippen LogP contribution in [0.15, 0.2) is 60.3 Å². The highest BCUT2D eigenvalue weighted by atomic mass is 16.3. The Balaban J connectivity index is 2.03. The van der Waals surface area contributed by atoms with Crippen LogP contribution in [-0.4, -0.2) is 58.0 Å². The number of carbonyl (C=O) groups excluding carboxylic acids is 2. The Morgan fingerprint density at radius 2 is 1.81 bits per heavy atom. The minimum absolute atomic E-state index is 0.0174. The van der Waals surface area contributed by atoms with E-state index in [0.717, 1.165) is 0 Å². The van der Waals surface area contributed by atoms with Gasteiger partial charge in [0.2, 0.25) is 0 Å². The molecule has 0 bridgehead atoms. The molecule has 0 saturated carbocycles. The Hall–Kier alpha value is -3.03. The van der Waals surface area contributed by atoms with Crippen molar-refractivity contribution < 1.29 is 19.8 Å². The van der Waals surface area contributed by atoms with Gasteiger partial charge in [-0.15, -0.1) is 0 Å². The van der Waals surface area contributed by atoms with Crippen LogP contribution in [0.2, 0.25) is 0 Å². The van der Waals surface area contributed by atoms with E-state index in [1.165, 1.54) is 4.90 Å². The summed E-state index contributed by atoms with van der Waals surface area (Å²) >= 11 is 0. The number of hydrogen-bond donors (Lipinski definition) is 3. The van der Waals surface area contributed by atoms with Gasteiger partial charge in [-0.3, -0.25) is 14.6 Å². The molecule has 0 radical (unpaired) electrons. The number of hydrogen-bond acceptors (Lipinski definition) is 6. The van der Waals surface area contributed by atoms with Crippen LogP contribution in [0.25, 0.3) is 5.76 Å². The van der Waals surface area contributed by atoms with Crippen LogP contribution in [0.5, 0.6) is 0 Å². The summed E-state index contributed by atoms with van der Waals surface area (Å²) in [6.07, 6.45) is 1.59. The van der Waals surface area contributed by atoms with Crippen molar-refractivity contribution in [1.82, 2.24) is 15.2 Å². The first kappa shape index (κ1) is 18.8. The number of likely N-dealkylation sites (tertiary alicyclic amines) is 1. The summed E-state index contributed by atoms with van der Waals surface area (Å²) in [5, 5.41) is 22.6. The van der Waals surface area contributed by atoms with E-state index in [2.05, 4.69) is 10.3 Å². The van der Waals surface area contributed by atoms with Crippen molar-refractivity contribution in [3.8, 4) is 0 Å². The van der Waals surface area contributed by atoms with Gasteiger partial charge in [-0.25, -0.2) is 0 Å². The topological polar surface area (TPSA) is 103 Å². The molecule has 1 amide bonds. The van der Waals surface area contributed by atoms with E-state index in [-0.39, 0.29) is 24.5 Å². The normalized spacial score (nSPS) is 18.9. The monoisotopic (exact) mass is 367 g/mol. The number of amides is 1. The second-order valence-electron chi connectivity index (χ2n) is 6.09. The summed E-state index contributed by atoms with van der Waals surface area (Å²) in [5.41, 5.74) is 1.01. The molecule has 1 aliphatic heterocycles. The van der Waals surface area contributed by atoms with E-state index >= 15 is 0 Å². The molecule has 1 fully saturated rings. The summed E-state index contributed by atoms with van der Waals surface area (Å²) in [5.74, 6) is -1.61. The lowest BCUT2D eigenvalue weighted by Gasteiger charge is -2.24. The fraction of sp³-hybridized carbons (Fsp3) is 0.250. The minimum atomic E-state index is -0.762. The van der Waals surface area contributed by atoms with Crippen LogP contribution in [0.3, 0.4) is 0 Å². The van der Waals surface area contributed by atoms with Crippen molar-refractivity contribution in [2.24, 2.45) is 0 Å². The van der Waals surface area contributed by atoms with Crippen molar-refractivity contribution in [1.29, 1.82) is 0 Å². The number of Topliss-reactive ketones (excluding diaryl/α,β-unsaturated/α-hetero) is 1. The predicted octanol–water partition coefficient (Wildman–Crippen LogP) is 1.09. The van der Waals surface area contributed by atoms with Crippen molar-refractivity contribution in [2.45, 2.75) is 6.04 Å². The van der Waals surface area contributed by atoms with Gasteiger partial charge >= 0.3 is 0 Å². The third-order valence-corrected chi connectivity index (χ3v) is 4.37. The lowest BCUT2D eigenvalue weighted by molar-refractivity contribution is -0.139. The van der Waals surface area contributed by atoms with Gasteiger partial charge in [0.15, 0.2) is 0 Å². The van der Waals surface area contributed by atoms with Gasteiger partial charge in [-0.2, -0.15) is 0 Å². The molecule has 1 aliphatic rings. The van der Waals surface area contributed by atoms with Crippen molar-refractivity contribution in [2.75, 3.05) is 26.2 Å². The van der Waals surface area contributed by atoms with E-state index in [4.69, 9.17) is 5.11 Å². The molecular formula is C20H21N3O4. The number of carbonyl (C=O) groups is 2. The quantitative estimate of drug-likeness (QED) is 0.293. The Morgan fingerprint density at radius 3 is 2.48 bits per heavy atom. The number of aliphatic hydroxyl groups is 2. The molecule has 140 valence electrons. The Bertz CT molecular complexity index is 837. The van der Waals surface area contributed by atoms with Gasteiger partial charge in [0, 0.05) is 31.4 Å². The maximum absolute atomic E-state index is 12.7. The summed E-state index contributed by atoms with van der Waals surface area (Å²) in [6, 6.07) is 13.1. The van der Waals surface area contributed by atoms with Gasteiger partial charge in [0.05, 0.1) is 17.9 Å². The number of rotatable bonds is 7. The van der Waals surface area contributed by atoms with E-state index in [0.29, 0.717) is 24.3 Å². The van der Waals surface area contributed by atoms with Gasteiger partial charge in [-0.05, 0) is 12.1 Å². The Kier molecular flexibility index (Phi) is 5.95. The van der Waals surface area contributed by atoms with Crippen molar-refractivity contribution in [3.05, 3.63) is 71.6 Å². The van der Waals surface area contributed by atoms with Gasteiger partial charge in [0.1, 0.15) is 11.8 Å². The second-order valence-corrected chi connectivity index (χ2v) is 6.09. The highest BCUT2D eigenvalue weighted by Gasteiger charge is 2.46. The predicted molar refractivity (Wildman–Crippen MR) is 99.6 cm³/mol. The molecule has 1 aromatic carbocycles. The van der Waals surface area contributed by atoms with Gasteiger partial charge in [-0.1, -0.05) is 36.4 Å². The highest BCUT2D eigenvalue weighted by molar-refractivity contribution is 6.46. The summed E-state index contributed by atoms with van der Waals surface area (Å²) < 4.78 is 0. The zero-order valence-corrected chi connectivity index (χ0v) is 14.7. The minimum Gasteiger partial charge on any atom is -0.507 e. The van der Waals surface area contributed by atoms with Crippen LogP contribution >= 0.6 is 0 Å². The molecule has 1 aromatic heterocycles. The molecule has 0 spiro atoms. The van der Waals surface area contributed by atoms with Gasteiger partial charge < -0.3 is 20.4 Å². The first-order chi connectivity index (χ1) is 13.1. The maximum atomic E-state index is 12.7. The summed E-state index contributed by atoms with van der Waals surface area (Å²) in [6.45, 7) is 1.03. The average molecular weight is 367 g/mol. The van der Waals surface area contributed by atoms with E-state index < -0.39 is 17.7 Å². The summed E-state index contributed by atoms with van der Waals surface area (Å²) in [7, 11) is 0. The standard InChI is InChI=1S/C20H21N3O4/c24-13-11-21-10-12-23-17(15-8-4-5-9-22-15)16(19(26)20(23)27)18(25)14-6-2-1-3-7-14/h1-9,17,21,24-25H,10-13H2. The molecule has 1 saturated heterocycles. The zero-order valence-electron chi connectivity index (χ0n) is 14.7. The number of benzene rings is 1. The van der Waals surface area contributed by atoms with E-state index in [1.54, 1.807) is 54.7 Å². The van der Waals surface area contributed by atoms with Crippen LogP contribution < -0.4 is 5.32 Å². The molecule has 2 aromatic rings. The molecule has 7 heteroatoms. The molecule has 3 rings (SSSR count). The average Bonchev–Trinajstić information content (AvgIpc) is 2.97. The Labute approximate surface area is 157 Å². The first-order valence-electron chi connectivity index (χ1n) is 8.71. The number of nitrogens with zero attached hydrogens (tertiary/aromatic N) is 2. The maximum Gasteiger partial charge on any atom is 0.295 e. The van der Waals surface area contributed by atoms with E-state index in [1.807, 2.05) is 0 Å². The molecule has 2 heterocycles. The molecule has 7 nitrogen and oxygen atoms in total. The zero-order chi connectivity index (χ0) is 19.2. The number of nitrogens with one attached hydrogen (secondary N) is 1. The largest absolute Gasteiger partial charge is 0.507 e. The molecule has 1 atom stereocenters. The SMILES string of the molecule is O=C1C(=O)N(CCNCCO)C(c2ccccn2)C1=C(O)c1ccccc1. The lowest BCUT2D eigenvalue weighted by atomic mass is 9.98. The lowest BCUT2D eigenvalue weighted by Crippen LogP contribution is -2.36. The molecule has 3 N–H and O–H groups in total. The third-order valence-electron chi connectivity index (χ3n) is 4.37. The van der Waals surface area contributed by atoms with Crippen molar-refractivity contribution >= 4 is 17.4 Å². The smallest absolute Gasteiger partial charge is 0.295 e. The fourth-order valence-corrected chi connectivity index (χ4v) is 3.11. The number of ketones is 1. The Morgan fingerprint density at radius 1 is 1.07 bits per heavy atom. The molecular weight excluding hydrogens is 346 g/mol. The molecule has 1 unspecified atom stereocenters. The second kappa shape index (κ2) is 8.57. The summed E-state index contributed by atoms with van der Waals surface area (Å²) in [4.78, 5) is 31.0. The van der Waals surface area contributed by atoms with Crippen LogP contribution in [-0.2, 0) is 9.59 Å². The van der Waals surface area contributed by atoms with Crippen molar-refractivity contribution in [3.63, 3.8) is 0 Å². The number of aromatic nitrogens is 1. The van der Waals surface area contributed by atoms with Gasteiger partial charge in [0.25, 0.3) is 11.7 Å². The highest BCUT2D eigenvalue weighted by Crippen LogP contribution is 2.38. The molecule has 0 aliphatic carbocycles. The number of pyridine rings is 1. The first-order valence-corrected chi connectivity index (χ1v) is 8.71. The number of aliphatic hydroxyl groups excluding tert-OH is 2. The molecule has 27 heavy (non-hydrogen) atoms. The van der Waals surface area contributed by atoms with Crippen LogP contribution in [0.1, 0.15) is 17.3 Å².